The molecule has 24 heavy (non-hydrogen) atoms. The zero-order chi connectivity index (χ0) is 17.3. The fraction of sp³-hybridized carbons (Fsp3) is 0.176. The highest BCUT2D eigenvalue weighted by molar-refractivity contribution is 6.35. The Balaban J connectivity index is 1.79. The zero-order valence-corrected chi connectivity index (χ0v) is 14.1. The molecule has 0 unspecified atom stereocenters. The Labute approximate surface area is 148 Å². The van der Waals surface area contributed by atoms with Crippen LogP contribution in [0.2, 0.25) is 10.0 Å². The third kappa shape index (κ3) is 3.18. The molecule has 3 rings (SSSR count). The number of nitrogens with zero attached hydrogens (tertiary/aromatic N) is 1. The number of carbonyl (C=O) groups is 2. The van der Waals surface area contributed by atoms with Crippen molar-refractivity contribution < 1.29 is 14.3 Å². The van der Waals surface area contributed by atoms with Crippen LogP contribution in [-0.4, -0.2) is 24.5 Å². The topological polar surface area (TPSA) is 72.6 Å². The molecular formula is C17H14Cl2N2O3. The van der Waals surface area contributed by atoms with Crippen LogP contribution in [0, 0.1) is 0 Å². The summed E-state index contributed by atoms with van der Waals surface area (Å²) in [7, 11) is 0. The van der Waals surface area contributed by atoms with Crippen LogP contribution in [0.4, 0.5) is 5.69 Å². The molecule has 0 fully saturated rings. The summed E-state index contributed by atoms with van der Waals surface area (Å²) in [6.07, 6.45) is 0.402. The van der Waals surface area contributed by atoms with Crippen molar-refractivity contribution in [2.75, 3.05) is 11.5 Å². The lowest BCUT2D eigenvalue weighted by Crippen LogP contribution is -2.47. The minimum atomic E-state index is -0.709. The molecule has 2 aromatic carbocycles. The van der Waals surface area contributed by atoms with Crippen LogP contribution < -0.4 is 15.4 Å². The van der Waals surface area contributed by atoms with E-state index in [1.165, 1.54) is 11.0 Å². The molecule has 2 amide bonds. The first-order chi connectivity index (χ1) is 11.5. The number of para-hydroxylation sites is 1. The smallest absolute Gasteiger partial charge is 0.265 e. The minimum Gasteiger partial charge on any atom is -0.482 e. The molecule has 1 aliphatic heterocycles. The molecule has 1 aliphatic rings. The van der Waals surface area contributed by atoms with Crippen LogP contribution in [0.3, 0.4) is 0 Å². The molecular weight excluding hydrogens is 351 g/mol. The molecule has 0 saturated heterocycles. The van der Waals surface area contributed by atoms with E-state index in [0.29, 0.717) is 27.9 Å². The number of hydrogen-bond donors (Lipinski definition) is 1. The van der Waals surface area contributed by atoms with Gasteiger partial charge in [0.2, 0.25) is 5.91 Å². The number of ether oxygens (including phenoxy) is 1. The summed E-state index contributed by atoms with van der Waals surface area (Å²) in [5.74, 6) is -0.573. The zero-order valence-electron chi connectivity index (χ0n) is 12.5. The lowest BCUT2D eigenvalue weighted by atomic mass is 10.1. The maximum absolute atomic E-state index is 12.6. The highest BCUT2D eigenvalue weighted by Gasteiger charge is 2.37. The molecule has 124 valence electrons. The van der Waals surface area contributed by atoms with E-state index >= 15 is 0 Å². The molecule has 7 heteroatoms. The van der Waals surface area contributed by atoms with Crippen LogP contribution in [0.1, 0.15) is 5.56 Å². The second-order valence-electron chi connectivity index (χ2n) is 5.38. The predicted molar refractivity (Wildman–Crippen MR) is 92.6 cm³/mol. The van der Waals surface area contributed by atoms with Gasteiger partial charge in [0, 0.05) is 17.1 Å². The molecule has 1 heterocycles. The van der Waals surface area contributed by atoms with Gasteiger partial charge in [0.05, 0.1) is 5.02 Å². The molecule has 0 radical (unpaired) electrons. The molecule has 0 aliphatic carbocycles. The Kier molecular flexibility index (Phi) is 4.64. The van der Waals surface area contributed by atoms with Crippen molar-refractivity contribution >= 4 is 40.7 Å². The largest absolute Gasteiger partial charge is 0.482 e. The average molecular weight is 365 g/mol. The van der Waals surface area contributed by atoms with Crippen LogP contribution in [0.5, 0.6) is 5.75 Å². The molecule has 2 N–H and O–H groups in total. The van der Waals surface area contributed by atoms with Crippen molar-refractivity contribution in [1.82, 2.24) is 0 Å². The van der Waals surface area contributed by atoms with Gasteiger partial charge in [-0.3, -0.25) is 14.5 Å². The van der Waals surface area contributed by atoms with Crippen molar-refractivity contribution in [2.24, 2.45) is 5.73 Å². The minimum absolute atomic E-state index is 0.264. The Bertz CT molecular complexity index is 810. The van der Waals surface area contributed by atoms with Crippen molar-refractivity contribution in [2.45, 2.75) is 12.5 Å². The van der Waals surface area contributed by atoms with E-state index in [4.69, 9.17) is 33.7 Å². The number of primary amides is 1. The third-order valence-corrected chi connectivity index (χ3v) is 4.35. The average Bonchev–Trinajstić information content (AvgIpc) is 2.93. The van der Waals surface area contributed by atoms with Crippen molar-refractivity contribution in [1.29, 1.82) is 0 Å². The molecule has 0 saturated carbocycles. The van der Waals surface area contributed by atoms with E-state index in [1.807, 2.05) is 12.1 Å². The maximum atomic E-state index is 12.6. The maximum Gasteiger partial charge on any atom is 0.265 e. The van der Waals surface area contributed by atoms with Gasteiger partial charge in [0.15, 0.2) is 6.61 Å². The van der Waals surface area contributed by atoms with Gasteiger partial charge < -0.3 is 10.5 Å². The van der Waals surface area contributed by atoms with Crippen molar-refractivity contribution in [3.05, 3.63) is 58.1 Å². The van der Waals surface area contributed by atoms with Gasteiger partial charge in [-0.05, 0) is 29.8 Å². The first-order valence-corrected chi connectivity index (χ1v) is 8.00. The van der Waals surface area contributed by atoms with Crippen LogP contribution >= 0.6 is 23.2 Å². The van der Waals surface area contributed by atoms with Gasteiger partial charge in [-0.1, -0.05) is 41.4 Å². The Morgan fingerprint density at radius 3 is 2.67 bits per heavy atom. The van der Waals surface area contributed by atoms with E-state index in [1.54, 1.807) is 24.3 Å². The van der Waals surface area contributed by atoms with E-state index in [9.17, 15) is 9.59 Å². The Morgan fingerprint density at radius 2 is 1.96 bits per heavy atom. The quantitative estimate of drug-likeness (QED) is 0.906. The number of rotatable bonds is 4. The first kappa shape index (κ1) is 16.6. The molecule has 0 bridgehead atoms. The van der Waals surface area contributed by atoms with Gasteiger partial charge in [-0.15, -0.1) is 0 Å². The van der Waals surface area contributed by atoms with Crippen molar-refractivity contribution in [3.63, 3.8) is 0 Å². The van der Waals surface area contributed by atoms with E-state index in [-0.39, 0.29) is 12.5 Å². The van der Waals surface area contributed by atoms with E-state index in [0.717, 1.165) is 5.56 Å². The monoisotopic (exact) mass is 364 g/mol. The number of hydrogen-bond acceptors (Lipinski definition) is 3. The van der Waals surface area contributed by atoms with Crippen LogP contribution in [0.15, 0.2) is 42.5 Å². The number of amides is 2. The molecule has 0 spiro atoms. The highest BCUT2D eigenvalue weighted by Crippen LogP contribution is 2.32. The van der Waals surface area contributed by atoms with Gasteiger partial charge in [-0.25, -0.2) is 0 Å². The molecule has 1 atom stereocenters. The summed E-state index contributed by atoms with van der Waals surface area (Å²) in [4.78, 5) is 25.7. The van der Waals surface area contributed by atoms with Crippen LogP contribution in [-0.2, 0) is 16.0 Å². The number of carbonyl (C=O) groups excluding carboxylic acids is 2. The van der Waals surface area contributed by atoms with Gasteiger partial charge in [0.25, 0.3) is 5.91 Å². The normalized spacial score (nSPS) is 15.9. The summed E-state index contributed by atoms with van der Waals surface area (Å²) in [5.41, 5.74) is 7.02. The molecule has 2 aromatic rings. The summed E-state index contributed by atoms with van der Waals surface area (Å²) in [6, 6.07) is 11.3. The number of benzene rings is 2. The SMILES string of the molecule is NC(=O)[C@@H]1Cc2ccccc2N1C(=O)COc1ccc(Cl)cc1Cl. The number of fused-ring (bicyclic) bond motifs is 1. The second kappa shape index (κ2) is 6.71. The summed E-state index contributed by atoms with van der Waals surface area (Å²) in [5, 5.41) is 0.782. The fourth-order valence-corrected chi connectivity index (χ4v) is 3.19. The Hall–Kier alpha value is -2.24. The molecule has 5 nitrogen and oxygen atoms in total. The number of anilines is 1. The second-order valence-corrected chi connectivity index (χ2v) is 6.22. The van der Waals surface area contributed by atoms with Crippen LogP contribution in [0.25, 0.3) is 0 Å². The summed E-state index contributed by atoms with van der Waals surface area (Å²) in [6.45, 7) is -0.264. The highest BCUT2D eigenvalue weighted by atomic mass is 35.5. The van der Waals surface area contributed by atoms with Gasteiger partial charge in [0.1, 0.15) is 11.8 Å². The van der Waals surface area contributed by atoms with Gasteiger partial charge >= 0.3 is 0 Å². The Morgan fingerprint density at radius 1 is 1.21 bits per heavy atom. The number of nitrogens with two attached hydrogens (primary N) is 1. The molecule has 0 aromatic heterocycles. The fourth-order valence-electron chi connectivity index (χ4n) is 2.72. The van der Waals surface area contributed by atoms with E-state index < -0.39 is 11.9 Å². The summed E-state index contributed by atoms with van der Waals surface area (Å²) < 4.78 is 5.48. The third-order valence-electron chi connectivity index (χ3n) is 3.82. The number of halogens is 2. The van der Waals surface area contributed by atoms with E-state index in [2.05, 4.69) is 0 Å². The lowest BCUT2D eigenvalue weighted by molar-refractivity contribution is -0.125. The lowest BCUT2D eigenvalue weighted by Gasteiger charge is -2.23. The van der Waals surface area contributed by atoms with Gasteiger partial charge in [-0.2, -0.15) is 0 Å². The van der Waals surface area contributed by atoms with Crippen molar-refractivity contribution in [3.8, 4) is 5.75 Å². The predicted octanol–water partition coefficient (Wildman–Crippen LogP) is 2.82. The standard InChI is InChI=1S/C17H14Cl2N2O3/c18-11-5-6-15(12(19)8-11)24-9-16(22)21-13-4-2-1-3-10(13)7-14(21)17(20)23/h1-6,8,14H,7,9H2,(H2,20,23)/t14-/m0/s1. The first-order valence-electron chi connectivity index (χ1n) is 7.24. The summed E-state index contributed by atoms with van der Waals surface area (Å²) >= 11 is 11.9.